The van der Waals surface area contributed by atoms with Crippen molar-refractivity contribution in [3.8, 4) is 0 Å². The minimum atomic E-state index is -1.94. The van der Waals surface area contributed by atoms with Crippen LogP contribution in [0.3, 0.4) is 0 Å². The SMILES string of the molecule is CC(=O)NC1[C@H](OCCCCCc2cccc(C(=O)CCCNC(=O)CCCC[C@@H]3SC[C@@H]4NC(=O)N[C@@H]43)c2)OC(CO)[C@@H](O[C@@H]2OC(CO)[C@H](O)[C@H](O[C@H]3OC(CO)[C@H](O)[C@H](O)C3O)C2O)[C@@H]1O. The molecular formula is C45H70N4O19S. The van der Waals surface area contributed by atoms with Gasteiger partial charge in [0.25, 0.3) is 0 Å². The second-order valence-electron chi connectivity index (χ2n) is 18.2. The highest BCUT2D eigenvalue weighted by Crippen LogP contribution is 2.35. The van der Waals surface area contributed by atoms with E-state index in [1.54, 1.807) is 6.07 Å². The molecule has 6 unspecified atom stereocenters. The first-order valence-corrected chi connectivity index (χ1v) is 24.8. The van der Waals surface area contributed by atoms with E-state index in [0.717, 1.165) is 37.0 Å². The number of carbonyl (C=O) groups excluding carboxylic acids is 4. The fraction of sp³-hybridized carbons (Fsp3) is 0.778. The van der Waals surface area contributed by atoms with Crippen molar-refractivity contribution in [3.05, 3.63) is 35.4 Å². The van der Waals surface area contributed by atoms with Crippen molar-refractivity contribution in [1.82, 2.24) is 21.3 Å². The number of urea groups is 1. The molecule has 0 aromatic heterocycles. The van der Waals surface area contributed by atoms with Gasteiger partial charge in [-0.3, -0.25) is 14.4 Å². The van der Waals surface area contributed by atoms with Crippen LogP contribution >= 0.6 is 11.8 Å². The number of aliphatic hydroxyl groups is 9. The predicted octanol–water partition coefficient (Wildman–Crippen LogP) is -3.19. The van der Waals surface area contributed by atoms with Gasteiger partial charge in [-0.25, -0.2) is 4.79 Å². The van der Waals surface area contributed by atoms with Crippen molar-refractivity contribution < 1.29 is 93.6 Å². The molecule has 1 aromatic carbocycles. The van der Waals surface area contributed by atoms with Gasteiger partial charge >= 0.3 is 6.03 Å². The molecule has 0 bridgehead atoms. The van der Waals surface area contributed by atoms with E-state index in [4.69, 9.17) is 28.4 Å². The minimum Gasteiger partial charge on any atom is -0.394 e. The molecule has 0 saturated carbocycles. The van der Waals surface area contributed by atoms with Gasteiger partial charge in [0.15, 0.2) is 24.7 Å². The topological polar surface area (TPSA) is 354 Å². The molecule has 24 heteroatoms. The minimum absolute atomic E-state index is 0.0155. The van der Waals surface area contributed by atoms with Crippen LogP contribution in [0.25, 0.3) is 0 Å². The average Bonchev–Trinajstić information content (AvgIpc) is 3.90. The summed E-state index contributed by atoms with van der Waals surface area (Å²) < 4.78 is 34.4. The monoisotopic (exact) mass is 1000 g/mol. The summed E-state index contributed by atoms with van der Waals surface area (Å²) in [6, 6.07) is 6.40. The van der Waals surface area contributed by atoms with Gasteiger partial charge in [-0.1, -0.05) is 31.0 Å². The van der Waals surface area contributed by atoms with Crippen LogP contribution in [0.4, 0.5) is 4.79 Å². The Labute approximate surface area is 403 Å². The fourth-order valence-corrected chi connectivity index (χ4v) is 10.8. The summed E-state index contributed by atoms with van der Waals surface area (Å²) >= 11 is 1.86. The highest BCUT2D eigenvalue weighted by molar-refractivity contribution is 8.00. The number of unbranched alkanes of at least 4 members (excludes halogenated alkanes) is 3. The Balaban J connectivity index is 0.909. The molecule has 5 aliphatic heterocycles. The van der Waals surface area contributed by atoms with Crippen LogP contribution in [-0.2, 0) is 44.4 Å². The number of hydrogen-bond donors (Lipinski definition) is 13. The number of nitrogens with one attached hydrogen (secondary N) is 4. The van der Waals surface area contributed by atoms with Gasteiger partial charge < -0.3 is 95.6 Å². The Hall–Kier alpha value is -3.15. The van der Waals surface area contributed by atoms with Gasteiger partial charge in [0.1, 0.15) is 73.2 Å². The fourth-order valence-electron chi connectivity index (χ4n) is 9.27. The van der Waals surface area contributed by atoms with Gasteiger partial charge in [0.05, 0.1) is 31.9 Å². The zero-order valence-corrected chi connectivity index (χ0v) is 39.3. The van der Waals surface area contributed by atoms with Crippen molar-refractivity contribution in [2.24, 2.45) is 0 Å². The lowest BCUT2D eigenvalue weighted by Crippen LogP contribution is -2.68. The van der Waals surface area contributed by atoms with Crippen molar-refractivity contribution in [2.75, 3.05) is 38.7 Å². The molecule has 390 valence electrons. The molecule has 23 nitrogen and oxygen atoms in total. The number of amides is 4. The molecule has 5 saturated heterocycles. The number of carbonyl (C=O) groups is 4. The van der Waals surface area contributed by atoms with Crippen LogP contribution in [0.2, 0.25) is 0 Å². The standard InChI is InChI=1S/C45H70N4O19S/c1-22(53)47-33-36(58)40(67-44-39(61)41(35(57)28(19-51)65-44)68-43-38(60)37(59)34(56)27(18-50)64-43)29(20-52)66-42(33)63-16-6-2-3-9-23-10-7-11-24(17-23)26(54)12-8-15-46-31(55)14-5-4-13-30-32-25(21-69-30)48-45(62)49-32/h7,10-11,17,25,27-30,32-44,50-52,56-61H,2-6,8-9,12-16,18-21H2,1H3,(H,46,55)(H,47,53)(H2,48,49,62)/t25-,27?,28?,29?,30-,32-,33?,34-,35-,36+,37-,38?,39?,40+,41-,42+,43+,44-/m0/s1. The molecule has 6 rings (SSSR count). The van der Waals surface area contributed by atoms with E-state index in [1.807, 2.05) is 30.0 Å². The van der Waals surface area contributed by atoms with E-state index in [2.05, 4.69) is 21.3 Å². The first kappa shape index (κ1) is 55.2. The number of benzene rings is 1. The Morgan fingerprint density at radius 3 is 2.16 bits per heavy atom. The number of aryl methyl sites for hydroxylation is 1. The van der Waals surface area contributed by atoms with Gasteiger partial charge in [-0.2, -0.15) is 11.8 Å². The maximum absolute atomic E-state index is 13.0. The molecule has 5 heterocycles. The third kappa shape index (κ3) is 14.5. The van der Waals surface area contributed by atoms with Crippen LogP contribution in [0.15, 0.2) is 24.3 Å². The number of ketones is 1. The summed E-state index contributed by atoms with van der Waals surface area (Å²) in [4.78, 5) is 49.2. The lowest BCUT2D eigenvalue weighted by Gasteiger charge is -2.48. The average molecular weight is 1000 g/mol. The Bertz CT molecular complexity index is 1820. The number of ether oxygens (including phenoxy) is 6. The van der Waals surface area contributed by atoms with Gasteiger partial charge in [0.2, 0.25) is 11.8 Å². The molecular weight excluding hydrogens is 933 g/mol. The molecule has 0 aliphatic carbocycles. The number of rotatable bonds is 25. The van der Waals surface area contributed by atoms with Crippen molar-refractivity contribution in [2.45, 2.75) is 181 Å². The lowest BCUT2D eigenvalue weighted by molar-refractivity contribution is -0.376. The van der Waals surface area contributed by atoms with E-state index in [0.29, 0.717) is 49.5 Å². The molecule has 18 atom stereocenters. The number of fused-ring (bicyclic) bond motifs is 1. The predicted molar refractivity (Wildman–Crippen MR) is 241 cm³/mol. The summed E-state index contributed by atoms with van der Waals surface area (Å²) in [5.41, 5.74) is 1.57. The van der Waals surface area contributed by atoms with Gasteiger partial charge in [-0.15, -0.1) is 0 Å². The van der Waals surface area contributed by atoms with E-state index >= 15 is 0 Å². The Kier molecular flexibility index (Phi) is 21.2. The van der Waals surface area contributed by atoms with Crippen molar-refractivity contribution in [1.29, 1.82) is 0 Å². The van der Waals surface area contributed by atoms with Crippen molar-refractivity contribution >= 4 is 35.4 Å². The first-order valence-electron chi connectivity index (χ1n) is 23.8. The highest BCUT2D eigenvalue weighted by Gasteiger charge is 2.54. The molecule has 69 heavy (non-hydrogen) atoms. The Morgan fingerprint density at radius 1 is 0.739 bits per heavy atom. The molecule has 5 aliphatic rings. The molecule has 0 radical (unpaired) electrons. The number of hydrogen-bond acceptors (Lipinski definition) is 20. The zero-order valence-electron chi connectivity index (χ0n) is 38.5. The third-order valence-corrected chi connectivity index (χ3v) is 14.6. The van der Waals surface area contributed by atoms with Crippen LogP contribution in [0.5, 0.6) is 0 Å². The summed E-state index contributed by atoms with van der Waals surface area (Å²) in [7, 11) is 0. The maximum atomic E-state index is 13.0. The molecule has 0 spiro atoms. The second-order valence-corrected chi connectivity index (χ2v) is 19.4. The second kappa shape index (κ2) is 26.5. The van der Waals surface area contributed by atoms with E-state index in [1.165, 1.54) is 6.92 Å². The van der Waals surface area contributed by atoms with E-state index in [-0.39, 0.29) is 42.8 Å². The summed E-state index contributed by atoms with van der Waals surface area (Å²) in [6.07, 6.45) is -16.6. The lowest BCUT2D eigenvalue weighted by atomic mass is 9.95. The van der Waals surface area contributed by atoms with E-state index in [9.17, 15) is 65.1 Å². The molecule has 13 N–H and O–H groups in total. The van der Waals surface area contributed by atoms with Gasteiger partial charge in [0, 0.05) is 49.5 Å². The van der Waals surface area contributed by atoms with Crippen LogP contribution in [0.1, 0.15) is 80.6 Å². The molecule has 4 amide bonds. The van der Waals surface area contributed by atoms with Crippen molar-refractivity contribution in [3.63, 3.8) is 0 Å². The smallest absolute Gasteiger partial charge is 0.315 e. The largest absolute Gasteiger partial charge is 0.394 e. The zero-order chi connectivity index (χ0) is 49.8. The molecule has 5 fully saturated rings. The quantitative estimate of drug-likeness (QED) is 0.0261. The van der Waals surface area contributed by atoms with E-state index < -0.39 is 118 Å². The number of aliphatic hydroxyl groups excluding tert-OH is 9. The maximum Gasteiger partial charge on any atom is 0.315 e. The Morgan fingerprint density at radius 2 is 1.43 bits per heavy atom. The van der Waals surface area contributed by atoms with Gasteiger partial charge in [-0.05, 0) is 50.2 Å². The summed E-state index contributed by atoms with van der Waals surface area (Å²) in [6.45, 7) is -0.614. The summed E-state index contributed by atoms with van der Waals surface area (Å²) in [5, 5.41) is 106. The van der Waals surface area contributed by atoms with Crippen LogP contribution in [0, 0.1) is 0 Å². The highest BCUT2D eigenvalue weighted by atomic mass is 32.2. The molecule has 1 aromatic rings. The number of thioether (sulfide) groups is 1. The first-order chi connectivity index (χ1) is 33.1. The van der Waals surface area contributed by atoms with Crippen LogP contribution < -0.4 is 21.3 Å². The van der Waals surface area contributed by atoms with Crippen LogP contribution in [-0.4, -0.2) is 218 Å². The number of Topliss-reactive ketones (excluding diaryl/α,β-unsaturated/α-hetero) is 1. The summed E-state index contributed by atoms with van der Waals surface area (Å²) in [5.74, 6) is 0.286. The third-order valence-electron chi connectivity index (χ3n) is 13.1. The normalized spacial score (nSPS) is 36.6.